The molecule has 5 nitrogen and oxygen atoms in total. The number of Topliss-reactive ketones (excluding diaryl/α,β-unsaturated/α-hetero) is 3. The number of hydrogen-bond donors (Lipinski definition) is 1. The van der Waals surface area contributed by atoms with Gasteiger partial charge in [-0.3, -0.25) is 19.2 Å². The third kappa shape index (κ3) is 3.02. The number of carbonyl (C=O) groups excluding carboxylic acids is 3. The number of fused-ring (bicyclic) bond motifs is 5. The van der Waals surface area contributed by atoms with Crippen LogP contribution in [0.4, 0.5) is 0 Å². The summed E-state index contributed by atoms with van der Waals surface area (Å²) in [6.45, 7) is 6.37. The van der Waals surface area contributed by atoms with Gasteiger partial charge in [-0.1, -0.05) is 20.8 Å². The van der Waals surface area contributed by atoms with Crippen LogP contribution in [-0.4, -0.2) is 28.4 Å². The Morgan fingerprint density at radius 1 is 1.10 bits per heavy atom. The topological polar surface area (TPSA) is 88.5 Å². The maximum absolute atomic E-state index is 13.6. The molecule has 5 heteroatoms. The van der Waals surface area contributed by atoms with Gasteiger partial charge in [0.25, 0.3) is 0 Å². The monoisotopic (exact) mass is 402 g/mol. The molecule has 4 rings (SSSR count). The van der Waals surface area contributed by atoms with E-state index in [1.807, 2.05) is 0 Å². The molecule has 0 aromatic heterocycles. The predicted octanol–water partition coefficient (Wildman–Crippen LogP) is 4.07. The quantitative estimate of drug-likeness (QED) is 0.766. The number of aliphatic carboxylic acids is 1. The van der Waals surface area contributed by atoms with Crippen LogP contribution in [0.1, 0.15) is 78.6 Å². The molecular formula is C24H34O5. The largest absolute Gasteiger partial charge is 0.481 e. The minimum absolute atomic E-state index is 0.0659. The fraction of sp³-hybridized carbons (Fsp3) is 0.833. The highest BCUT2D eigenvalue weighted by atomic mass is 16.4. The number of carboxylic acids is 1. The van der Waals surface area contributed by atoms with Gasteiger partial charge in [0, 0.05) is 43.4 Å². The maximum Gasteiger partial charge on any atom is 0.303 e. The molecule has 0 aromatic carbocycles. The molecule has 4 aliphatic rings. The average Bonchev–Trinajstić information content (AvgIpc) is 3.01. The van der Waals surface area contributed by atoms with E-state index in [9.17, 15) is 19.2 Å². The Kier molecular flexibility index (Phi) is 5.02. The molecule has 4 saturated carbocycles. The lowest BCUT2D eigenvalue weighted by molar-refractivity contribution is -0.166. The Hall–Kier alpha value is -1.52. The molecule has 0 amide bonds. The first kappa shape index (κ1) is 20.7. The average molecular weight is 403 g/mol. The van der Waals surface area contributed by atoms with Crippen molar-refractivity contribution in [1.29, 1.82) is 0 Å². The summed E-state index contributed by atoms with van der Waals surface area (Å²) >= 11 is 0. The van der Waals surface area contributed by atoms with E-state index in [4.69, 9.17) is 5.11 Å². The van der Waals surface area contributed by atoms with Gasteiger partial charge in [0.15, 0.2) is 0 Å². The minimum atomic E-state index is -0.792. The summed E-state index contributed by atoms with van der Waals surface area (Å²) in [5.41, 5.74) is -0.598. The van der Waals surface area contributed by atoms with Crippen LogP contribution in [0.25, 0.3) is 0 Å². The second-order valence-electron chi connectivity index (χ2n) is 10.9. The standard InChI is InChI=1S/C24H34O5/c1-13(4-7-21(28)29)16-5-6-17-22-18(12-20(27)24(16,17)3)23(2)9-8-15(25)10-14(23)11-19(22)26/h13-14,16-18,22H,4-12H2,1-3H3,(H,28,29)/t13-,14+,16-,17+,18-,22-,23+,24-/m1/s1. The van der Waals surface area contributed by atoms with Crippen molar-refractivity contribution in [3.63, 3.8) is 0 Å². The first-order chi connectivity index (χ1) is 13.6. The molecule has 160 valence electrons. The molecule has 4 aliphatic carbocycles. The van der Waals surface area contributed by atoms with Crippen molar-refractivity contribution in [2.45, 2.75) is 78.6 Å². The third-order valence-electron chi connectivity index (χ3n) is 9.72. The lowest BCUT2D eigenvalue weighted by Gasteiger charge is -2.58. The summed E-state index contributed by atoms with van der Waals surface area (Å²) in [5, 5.41) is 9.06. The highest BCUT2D eigenvalue weighted by Crippen LogP contribution is 2.66. The van der Waals surface area contributed by atoms with Crippen molar-refractivity contribution >= 4 is 23.3 Å². The first-order valence-electron chi connectivity index (χ1n) is 11.4. The van der Waals surface area contributed by atoms with Crippen LogP contribution in [0, 0.1) is 46.3 Å². The molecule has 0 saturated heterocycles. The molecule has 4 fully saturated rings. The molecular weight excluding hydrogens is 368 g/mol. The Labute approximate surface area is 173 Å². The van der Waals surface area contributed by atoms with E-state index in [0.717, 1.165) is 19.3 Å². The van der Waals surface area contributed by atoms with Gasteiger partial charge < -0.3 is 5.11 Å². The highest BCUT2D eigenvalue weighted by Gasteiger charge is 2.66. The summed E-state index contributed by atoms with van der Waals surface area (Å²) in [5.74, 6) is 0.524. The molecule has 0 aromatic rings. The zero-order valence-corrected chi connectivity index (χ0v) is 17.9. The second-order valence-corrected chi connectivity index (χ2v) is 10.9. The molecule has 29 heavy (non-hydrogen) atoms. The number of hydrogen-bond acceptors (Lipinski definition) is 4. The minimum Gasteiger partial charge on any atom is -0.481 e. The zero-order chi connectivity index (χ0) is 21.1. The molecule has 0 unspecified atom stereocenters. The zero-order valence-electron chi connectivity index (χ0n) is 17.9. The maximum atomic E-state index is 13.6. The summed E-state index contributed by atoms with van der Waals surface area (Å²) < 4.78 is 0. The normalized spacial score (nSPS) is 45.3. The summed E-state index contributed by atoms with van der Waals surface area (Å²) in [4.78, 5) is 50.0. The SMILES string of the molecule is C[C@H](CCC(=O)O)[C@H]1CC[C@H]2[C@H]3C(=O)C[C@@H]4CC(=O)CC[C@]4(C)[C@@H]3CC(=O)[C@]12C. The van der Waals surface area contributed by atoms with Crippen LogP contribution in [0.5, 0.6) is 0 Å². The van der Waals surface area contributed by atoms with Gasteiger partial charge in [0.1, 0.15) is 17.3 Å². The molecule has 0 aliphatic heterocycles. The van der Waals surface area contributed by atoms with Crippen molar-refractivity contribution < 1.29 is 24.3 Å². The molecule has 0 bridgehead atoms. The fourth-order valence-corrected chi connectivity index (χ4v) is 7.94. The lowest BCUT2D eigenvalue weighted by atomic mass is 9.44. The van der Waals surface area contributed by atoms with E-state index in [2.05, 4.69) is 20.8 Å². The lowest BCUT2D eigenvalue weighted by Crippen LogP contribution is -2.60. The van der Waals surface area contributed by atoms with Gasteiger partial charge in [0.2, 0.25) is 0 Å². The van der Waals surface area contributed by atoms with Crippen molar-refractivity contribution in [2.75, 3.05) is 0 Å². The smallest absolute Gasteiger partial charge is 0.303 e. The number of rotatable bonds is 4. The molecule has 0 heterocycles. The number of carbonyl (C=O) groups is 4. The fourth-order valence-electron chi connectivity index (χ4n) is 7.94. The van der Waals surface area contributed by atoms with Gasteiger partial charge in [-0.05, 0) is 60.7 Å². The van der Waals surface area contributed by atoms with E-state index in [0.29, 0.717) is 32.1 Å². The second kappa shape index (κ2) is 7.02. The number of carboxylic acid groups (broad SMARTS) is 1. The Balaban J connectivity index is 1.63. The van der Waals surface area contributed by atoms with E-state index in [1.54, 1.807) is 0 Å². The number of ketones is 3. The molecule has 1 N–H and O–H groups in total. The van der Waals surface area contributed by atoms with Crippen molar-refractivity contribution in [1.82, 2.24) is 0 Å². The van der Waals surface area contributed by atoms with E-state index in [-0.39, 0.29) is 64.7 Å². The molecule has 0 radical (unpaired) electrons. The van der Waals surface area contributed by atoms with E-state index < -0.39 is 11.4 Å². The molecule has 8 atom stereocenters. The van der Waals surface area contributed by atoms with Crippen LogP contribution < -0.4 is 0 Å². The van der Waals surface area contributed by atoms with Gasteiger partial charge >= 0.3 is 5.97 Å². The van der Waals surface area contributed by atoms with Gasteiger partial charge in [-0.25, -0.2) is 0 Å². The van der Waals surface area contributed by atoms with Crippen LogP contribution >= 0.6 is 0 Å². The Morgan fingerprint density at radius 3 is 2.52 bits per heavy atom. The van der Waals surface area contributed by atoms with Crippen molar-refractivity contribution in [3.05, 3.63) is 0 Å². The van der Waals surface area contributed by atoms with Gasteiger partial charge in [-0.15, -0.1) is 0 Å². The Bertz CT molecular complexity index is 756. The first-order valence-corrected chi connectivity index (χ1v) is 11.4. The van der Waals surface area contributed by atoms with Crippen LogP contribution in [-0.2, 0) is 19.2 Å². The van der Waals surface area contributed by atoms with Crippen LogP contribution in [0.15, 0.2) is 0 Å². The Morgan fingerprint density at radius 2 is 1.83 bits per heavy atom. The van der Waals surface area contributed by atoms with E-state index in [1.165, 1.54) is 0 Å². The van der Waals surface area contributed by atoms with Gasteiger partial charge in [-0.2, -0.15) is 0 Å². The summed E-state index contributed by atoms with van der Waals surface area (Å²) in [6.07, 6.45) is 5.33. The summed E-state index contributed by atoms with van der Waals surface area (Å²) in [6, 6.07) is 0. The van der Waals surface area contributed by atoms with E-state index >= 15 is 0 Å². The van der Waals surface area contributed by atoms with Crippen molar-refractivity contribution in [2.24, 2.45) is 46.3 Å². The van der Waals surface area contributed by atoms with Crippen molar-refractivity contribution in [3.8, 4) is 0 Å². The highest BCUT2D eigenvalue weighted by molar-refractivity contribution is 5.93. The van der Waals surface area contributed by atoms with Crippen LogP contribution in [0.3, 0.4) is 0 Å². The third-order valence-corrected chi connectivity index (χ3v) is 9.72. The summed E-state index contributed by atoms with van der Waals surface area (Å²) in [7, 11) is 0. The predicted molar refractivity (Wildman–Crippen MR) is 107 cm³/mol. The van der Waals surface area contributed by atoms with Crippen LogP contribution in [0.2, 0.25) is 0 Å². The molecule has 0 spiro atoms. The van der Waals surface area contributed by atoms with Gasteiger partial charge in [0.05, 0.1) is 0 Å².